The minimum atomic E-state index is -5.42. The topological polar surface area (TPSA) is 183 Å². The van der Waals surface area contributed by atoms with E-state index < -0.39 is 53.0 Å². The zero-order valence-corrected chi connectivity index (χ0v) is 24.8. The van der Waals surface area contributed by atoms with Crippen LogP contribution in [0.25, 0.3) is 22.2 Å². The number of primary amides is 1. The van der Waals surface area contributed by atoms with Gasteiger partial charge in [0.15, 0.2) is 0 Å². The highest BCUT2D eigenvalue weighted by atomic mass is 19.4. The van der Waals surface area contributed by atoms with E-state index in [9.17, 15) is 37.1 Å². The predicted molar refractivity (Wildman–Crippen MR) is 160 cm³/mol. The summed E-state index contributed by atoms with van der Waals surface area (Å²) in [6, 6.07) is 11.1. The normalized spacial score (nSPS) is 16.9. The molecule has 0 unspecified atom stereocenters. The minimum Gasteiger partial charge on any atom is -0.489 e. The van der Waals surface area contributed by atoms with Crippen LogP contribution in [0.2, 0.25) is 0 Å². The number of pyridine rings is 2. The Bertz CT molecular complexity index is 2070. The second kappa shape index (κ2) is 11.7. The second-order valence-electron chi connectivity index (χ2n) is 11.2. The number of fused-ring (bicyclic) bond motifs is 2. The number of nitrogens with two attached hydrogens (primary N) is 1. The van der Waals surface area contributed by atoms with E-state index in [0.29, 0.717) is 5.39 Å². The first-order valence-electron chi connectivity index (χ1n) is 14.1. The van der Waals surface area contributed by atoms with Crippen LogP contribution in [-0.4, -0.2) is 57.1 Å². The van der Waals surface area contributed by atoms with Gasteiger partial charge in [-0.3, -0.25) is 19.4 Å². The summed E-state index contributed by atoms with van der Waals surface area (Å²) in [7, 11) is 0. The molecule has 48 heavy (non-hydrogen) atoms. The number of benzene rings is 2. The molecule has 2 atom stereocenters. The summed E-state index contributed by atoms with van der Waals surface area (Å²) in [5, 5.41) is 16.3. The molecule has 3 amide bonds. The molecule has 0 radical (unpaired) electrons. The molecule has 1 aliphatic heterocycles. The molecule has 246 valence electrons. The molecule has 16 heteroatoms. The maximum Gasteiger partial charge on any atom is 0.424 e. The van der Waals surface area contributed by atoms with Crippen molar-refractivity contribution in [3.63, 3.8) is 0 Å². The smallest absolute Gasteiger partial charge is 0.424 e. The van der Waals surface area contributed by atoms with Crippen LogP contribution in [0.4, 0.5) is 23.2 Å². The van der Waals surface area contributed by atoms with Crippen molar-refractivity contribution in [3.8, 4) is 17.0 Å². The monoisotopic (exact) mass is 664 g/mol. The molecule has 4 heterocycles. The van der Waals surface area contributed by atoms with Gasteiger partial charge < -0.3 is 30.6 Å². The summed E-state index contributed by atoms with van der Waals surface area (Å²) in [5.74, 6) is -3.73. The van der Waals surface area contributed by atoms with E-state index >= 15 is 0 Å². The van der Waals surface area contributed by atoms with Crippen LogP contribution in [0, 0.1) is 5.82 Å². The Labute approximate surface area is 268 Å². The number of ether oxygens (including phenoxy) is 1. The summed E-state index contributed by atoms with van der Waals surface area (Å²) in [5.41, 5.74) is -0.863. The number of oxazole rings is 1. The molecule has 0 saturated carbocycles. The third-order valence-corrected chi connectivity index (χ3v) is 7.97. The number of hydrogen-bond acceptors (Lipinski definition) is 9. The molecule has 3 aromatic heterocycles. The largest absolute Gasteiger partial charge is 0.489 e. The van der Waals surface area contributed by atoms with Crippen LogP contribution >= 0.6 is 0 Å². The average Bonchev–Trinajstić information content (AvgIpc) is 3.72. The van der Waals surface area contributed by atoms with Crippen molar-refractivity contribution >= 4 is 34.3 Å². The lowest BCUT2D eigenvalue weighted by Gasteiger charge is -2.31. The Kier molecular flexibility index (Phi) is 7.83. The van der Waals surface area contributed by atoms with E-state index in [1.54, 1.807) is 12.1 Å². The molecule has 0 aliphatic carbocycles. The molecular formula is C32H24F4N6O6. The van der Waals surface area contributed by atoms with Crippen LogP contribution in [-0.2, 0) is 15.8 Å². The van der Waals surface area contributed by atoms with Crippen molar-refractivity contribution in [1.82, 2.24) is 20.3 Å². The molecule has 5 N–H and O–H groups in total. The van der Waals surface area contributed by atoms with Gasteiger partial charge in [0, 0.05) is 28.3 Å². The first kappa shape index (κ1) is 32.1. The highest BCUT2D eigenvalue weighted by Crippen LogP contribution is 2.47. The fraction of sp³-hybridized carbons (Fsp3) is 0.188. The van der Waals surface area contributed by atoms with E-state index in [1.807, 2.05) is 0 Å². The standard InChI is InChI=1S/C32H24F4N6O6/c1-30(29(37)45)15-48-25-20(30)13-22(42-24(25)16-4-6-19(33)7-5-16)31(46,32(34,35)36)14-40-26(43)18-11-17-3-2-8-38-23(17)21(12-18)41-27(44)28-39-9-10-47-28/h2-13,46H,14-15H2,1H3,(H2,37,45)(H,40,43)(H,41,44)/t30-,31-/m0/s1. The number of carbonyl (C=O) groups excluding carboxylic acids is 3. The van der Waals surface area contributed by atoms with Gasteiger partial charge in [-0.15, -0.1) is 0 Å². The van der Waals surface area contributed by atoms with Crippen molar-refractivity contribution in [2.75, 3.05) is 18.5 Å². The van der Waals surface area contributed by atoms with Gasteiger partial charge in [0.05, 0.1) is 29.6 Å². The van der Waals surface area contributed by atoms with Gasteiger partial charge in [0.1, 0.15) is 35.5 Å². The molecule has 0 spiro atoms. The number of aliphatic hydroxyl groups is 1. The Hall–Kier alpha value is -5.90. The summed E-state index contributed by atoms with van der Waals surface area (Å²) < 4.78 is 68.8. The molecule has 0 fully saturated rings. The molecule has 12 nitrogen and oxygen atoms in total. The van der Waals surface area contributed by atoms with Crippen LogP contribution < -0.4 is 21.1 Å². The van der Waals surface area contributed by atoms with E-state index in [1.165, 1.54) is 49.8 Å². The van der Waals surface area contributed by atoms with Gasteiger partial charge in [-0.1, -0.05) is 6.07 Å². The van der Waals surface area contributed by atoms with E-state index in [-0.39, 0.29) is 51.8 Å². The second-order valence-corrected chi connectivity index (χ2v) is 11.2. The summed E-state index contributed by atoms with van der Waals surface area (Å²) in [6.45, 7) is -0.397. The Morgan fingerprint density at radius 3 is 2.46 bits per heavy atom. The molecule has 1 aliphatic rings. The number of anilines is 1. The zero-order chi connectivity index (χ0) is 34.4. The van der Waals surface area contributed by atoms with Gasteiger partial charge in [-0.25, -0.2) is 14.4 Å². The average molecular weight is 665 g/mol. The van der Waals surface area contributed by atoms with Crippen molar-refractivity contribution in [2.45, 2.75) is 24.1 Å². The van der Waals surface area contributed by atoms with Crippen LogP contribution in [0.5, 0.6) is 5.75 Å². The summed E-state index contributed by atoms with van der Waals surface area (Å²) in [6.07, 6.45) is -1.56. The van der Waals surface area contributed by atoms with Gasteiger partial charge in [-0.2, -0.15) is 13.2 Å². The number of halogens is 4. The minimum absolute atomic E-state index is 0.0301. The molecule has 2 aromatic carbocycles. The molecule has 0 saturated heterocycles. The van der Waals surface area contributed by atoms with Crippen molar-refractivity contribution < 1.29 is 46.2 Å². The first-order valence-corrected chi connectivity index (χ1v) is 14.1. The van der Waals surface area contributed by atoms with Crippen LogP contribution in [0.1, 0.15) is 39.2 Å². The molecular weight excluding hydrogens is 640 g/mol. The number of aromatic nitrogens is 3. The maximum absolute atomic E-state index is 14.8. The van der Waals surface area contributed by atoms with E-state index in [4.69, 9.17) is 14.9 Å². The lowest BCUT2D eigenvalue weighted by atomic mass is 9.81. The maximum atomic E-state index is 14.8. The van der Waals surface area contributed by atoms with Gasteiger partial charge in [-0.05, 0) is 55.5 Å². The Morgan fingerprint density at radius 2 is 1.79 bits per heavy atom. The Balaban J connectivity index is 1.38. The van der Waals surface area contributed by atoms with Crippen molar-refractivity contribution in [1.29, 1.82) is 0 Å². The number of nitrogens with one attached hydrogen (secondary N) is 2. The lowest BCUT2D eigenvalue weighted by molar-refractivity contribution is -0.265. The quantitative estimate of drug-likeness (QED) is 0.178. The molecule has 5 aromatic rings. The third kappa shape index (κ3) is 5.55. The summed E-state index contributed by atoms with van der Waals surface area (Å²) in [4.78, 5) is 50.5. The number of alkyl halides is 3. The number of amides is 3. The highest BCUT2D eigenvalue weighted by Gasteiger charge is 2.57. The lowest BCUT2D eigenvalue weighted by Crippen LogP contribution is -2.51. The molecule has 6 rings (SSSR count). The summed E-state index contributed by atoms with van der Waals surface area (Å²) >= 11 is 0. The van der Waals surface area contributed by atoms with Crippen LogP contribution in [0.15, 0.2) is 77.7 Å². The van der Waals surface area contributed by atoms with Gasteiger partial charge in [0.25, 0.3) is 11.8 Å². The van der Waals surface area contributed by atoms with Gasteiger partial charge >= 0.3 is 12.1 Å². The van der Waals surface area contributed by atoms with Gasteiger partial charge in [0.2, 0.25) is 11.5 Å². The SMILES string of the molecule is C[C@]1(C(N)=O)COc2c1cc([C@@](O)(CNC(=O)c1cc(NC(=O)c3ncco3)c3ncccc3c1)C(F)(F)F)nc2-c1ccc(F)cc1. The van der Waals surface area contributed by atoms with Crippen molar-refractivity contribution in [3.05, 3.63) is 102 Å². The van der Waals surface area contributed by atoms with Crippen molar-refractivity contribution in [2.24, 2.45) is 5.73 Å². The third-order valence-electron chi connectivity index (χ3n) is 7.97. The Morgan fingerprint density at radius 1 is 1.04 bits per heavy atom. The zero-order valence-electron chi connectivity index (χ0n) is 24.8. The number of carbonyl (C=O) groups is 3. The van der Waals surface area contributed by atoms with E-state index in [2.05, 4.69) is 25.6 Å². The molecule has 0 bridgehead atoms. The number of hydrogen-bond donors (Lipinski definition) is 4. The van der Waals surface area contributed by atoms with Crippen LogP contribution in [0.3, 0.4) is 0 Å². The first-order chi connectivity index (χ1) is 22.7. The van der Waals surface area contributed by atoms with E-state index in [0.717, 1.165) is 18.2 Å². The number of nitrogens with zero attached hydrogens (tertiary/aromatic N) is 3. The number of rotatable bonds is 8. The highest BCUT2D eigenvalue weighted by molar-refractivity contribution is 6.09. The fourth-order valence-corrected chi connectivity index (χ4v) is 5.18. The fourth-order valence-electron chi connectivity index (χ4n) is 5.18. The predicted octanol–water partition coefficient (Wildman–Crippen LogP) is 3.99.